The fourth-order valence-corrected chi connectivity index (χ4v) is 1.68. The molecule has 0 saturated heterocycles. The van der Waals surface area contributed by atoms with Crippen LogP contribution in [0.5, 0.6) is 0 Å². The standard InChI is InChI=1S/C13H12ClN3O/c1-9-4-2-6-15-11(9)8-12(18)17-13-10(14)5-3-7-16-13/h2-7H,8H2,1H3,(H,16,17,18). The second kappa shape index (κ2) is 5.60. The van der Waals surface area contributed by atoms with Gasteiger partial charge in [-0.3, -0.25) is 9.78 Å². The molecule has 0 spiro atoms. The van der Waals surface area contributed by atoms with Gasteiger partial charge in [-0.05, 0) is 30.7 Å². The second-order valence-corrected chi connectivity index (χ2v) is 4.23. The first kappa shape index (κ1) is 12.5. The summed E-state index contributed by atoms with van der Waals surface area (Å²) in [6.45, 7) is 1.92. The zero-order chi connectivity index (χ0) is 13.0. The lowest BCUT2D eigenvalue weighted by Crippen LogP contribution is -2.16. The Morgan fingerprint density at radius 1 is 1.28 bits per heavy atom. The number of amides is 1. The Morgan fingerprint density at radius 3 is 2.72 bits per heavy atom. The molecule has 0 aromatic carbocycles. The van der Waals surface area contributed by atoms with E-state index in [9.17, 15) is 4.79 Å². The number of nitrogens with one attached hydrogen (secondary N) is 1. The van der Waals surface area contributed by atoms with E-state index in [1.165, 1.54) is 0 Å². The SMILES string of the molecule is Cc1cccnc1CC(=O)Nc1ncccc1Cl. The lowest BCUT2D eigenvalue weighted by atomic mass is 10.1. The largest absolute Gasteiger partial charge is 0.309 e. The highest BCUT2D eigenvalue weighted by Crippen LogP contribution is 2.17. The third-order valence-corrected chi connectivity index (χ3v) is 2.77. The van der Waals surface area contributed by atoms with Gasteiger partial charge in [-0.2, -0.15) is 0 Å². The maximum absolute atomic E-state index is 11.8. The molecular weight excluding hydrogens is 250 g/mol. The second-order valence-electron chi connectivity index (χ2n) is 3.83. The van der Waals surface area contributed by atoms with Crippen molar-refractivity contribution in [2.45, 2.75) is 13.3 Å². The first-order valence-corrected chi connectivity index (χ1v) is 5.85. The molecule has 0 aliphatic heterocycles. The molecule has 2 heterocycles. The molecule has 92 valence electrons. The predicted molar refractivity (Wildman–Crippen MR) is 70.6 cm³/mol. The summed E-state index contributed by atoms with van der Waals surface area (Å²) in [6.07, 6.45) is 3.45. The molecule has 0 radical (unpaired) electrons. The van der Waals surface area contributed by atoms with Gasteiger partial charge in [0.1, 0.15) is 0 Å². The number of aryl methyl sites for hydroxylation is 1. The quantitative estimate of drug-likeness (QED) is 0.924. The van der Waals surface area contributed by atoms with Crippen LogP contribution >= 0.6 is 11.6 Å². The van der Waals surface area contributed by atoms with Crippen molar-refractivity contribution in [3.05, 3.63) is 52.9 Å². The van der Waals surface area contributed by atoms with Gasteiger partial charge in [0.25, 0.3) is 0 Å². The van der Waals surface area contributed by atoms with Crippen LogP contribution in [0.2, 0.25) is 5.02 Å². The summed E-state index contributed by atoms with van der Waals surface area (Å²) >= 11 is 5.91. The highest BCUT2D eigenvalue weighted by Gasteiger charge is 2.09. The van der Waals surface area contributed by atoms with Gasteiger partial charge in [0, 0.05) is 12.4 Å². The minimum Gasteiger partial charge on any atom is -0.309 e. The summed E-state index contributed by atoms with van der Waals surface area (Å²) in [5.41, 5.74) is 1.74. The minimum atomic E-state index is -0.183. The van der Waals surface area contributed by atoms with E-state index >= 15 is 0 Å². The molecule has 2 rings (SSSR count). The van der Waals surface area contributed by atoms with E-state index in [0.29, 0.717) is 10.8 Å². The van der Waals surface area contributed by atoms with Crippen LogP contribution in [0.15, 0.2) is 36.7 Å². The van der Waals surface area contributed by atoms with E-state index < -0.39 is 0 Å². The van der Waals surface area contributed by atoms with Crippen LogP contribution in [0.3, 0.4) is 0 Å². The van der Waals surface area contributed by atoms with Gasteiger partial charge in [0.05, 0.1) is 17.1 Å². The van der Waals surface area contributed by atoms with Crippen LogP contribution in [0, 0.1) is 6.92 Å². The summed E-state index contributed by atoms with van der Waals surface area (Å²) < 4.78 is 0. The Kier molecular flexibility index (Phi) is 3.89. The van der Waals surface area contributed by atoms with Gasteiger partial charge in [-0.25, -0.2) is 4.98 Å². The number of aromatic nitrogens is 2. The summed E-state index contributed by atoms with van der Waals surface area (Å²) in [5, 5.41) is 3.08. The highest BCUT2D eigenvalue weighted by molar-refractivity contribution is 6.33. The minimum absolute atomic E-state index is 0.183. The topological polar surface area (TPSA) is 54.9 Å². The fourth-order valence-electron chi connectivity index (χ4n) is 1.51. The molecule has 0 unspecified atom stereocenters. The van der Waals surface area contributed by atoms with Crippen LogP contribution in [0.4, 0.5) is 5.82 Å². The van der Waals surface area contributed by atoms with Crippen molar-refractivity contribution in [3.8, 4) is 0 Å². The Bertz CT molecular complexity index is 522. The first-order valence-electron chi connectivity index (χ1n) is 5.47. The van der Waals surface area contributed by atoms with Crippen LogP contribution in [-0.4, -0.2) is 15.9 Å². The number of pyridine rings is 2. The number of nitrogens with zero attached hydrogens (tertiary/aromatic N) is 2. The molecule has 4 nitrogen and oxygen atoms in total. The van der Waals surface area contributed by atoms with Crippen LogP contribution < -0.4 is 5.32 Å². The highest BCUT2D eigenvalue weighted by atomic mass is 35.5. The molecular formula is C13H12ClN3O. The fraction of sp³-hybridized carbons (Fsp3) is 0.154. The predicted octanol–water partition coefficient (Wildman–Crippen LogP) is 2.62. The summed E-state index contributed by atoms with van der Waals surface area (Å²) in [4.78, 5) is 20.0. The Labute approximate surface area is 110 Å². The van der Waals surface area contributed by atoms with Gasteiger partial charge in [0.15, 0.2) is 5.82 Å². The maximum atomic E-state index is 11.8. The third kappa shape index (κ3) is 3.05. The number of anilines is 1. The molecule has 0 aliphatic carbocycles. The van der Waals surface area contributed by atoms with Crippen molar-refractivity contribution in [2.75, 3.05) is 5.32 Å². The first-order chi connectivity index (χ1) is 8.66. The number of hydrogen-bond acceptors (Lipinski definition) is 3. The van der Waals surface area contributed by atoms with Gasteiger partial charge in [0.2, 0.25) is 5.91 Å². The third-order valence-electron chi connectivity index (χ3n) is 2.46. The number of carbonyl (C=O) groups excluding carboxylic acids is 1. The van der Waals surface area contributed by atoms with Gasteiger partial charge in [-0.15, -0.1) is 0 Å². The molecule has 0 aliphatic rings. The summed E-state index contributed by atoms with van der Waals surface area (Å²) in [7, 11) is 0. The average molecular weight is 262 g/mol. The molecule has 0 bridgehead atoms. The van der Waals surface area contributed by atoms with Crippen LogP contribution in [-0.2, 0) is 11.2 Å². The molecule has 1 N–H and O–H groups in total. The van der Waals surface area contributed by atoms with Crippen LogP contribution in [0.1, 0.15) is 11.3 Å². The van der Waals surface area contributed by atoms with Crippen LogP contribution in [0.25, 0.3) is 0 Å². The molecule has 0 saturated carbocycles. The van der Waals surface area contributed by atoms with E-state index in [2.05, 4.69) is 15.3 Å². The van der Waals surface area contributed by atoms with E-state index in [0.717, 1.165) is 11.3 Å². The maximum Gasteiger partial charge on any atom is 0.231 e. The smallest absolute Gasteiger partial charge is 0.231 e. The molecule has 2 aromatic rings. The molecule has 18 heavy (non-hydrogen) atoms. The molecule has 0 atom stereocenters. The Balaban J connectivity index is 2.06. The summed E-state index contributed by atoms with van der Waals surface area (Å²) in [6, 6.07) is 7.15. The van der Waals surface area contributed by atoms with E-state index in [1.807, 2.05) is 19.1 Å². The van der Waals surface area contributed by atoms with Crippen molar-refractivity contribution in [1.29, 1.82) is 0 Å². The van der Waals surface area contributed by atoms with Gasteiger partial charge >= 0.3 is 0 Å². The average Bonchev–Trinajstić information content (AvgIpc) is 2.35. The van der Waals surface area contributed by atoms with Crippen molar-refractivity contribution >= 4 is 23.3 Å². The molecule has 1 amide bonds. The number of halogens is 1. The van der Waals surface area contributed by atoms with Crippen molar-refractivity contribution in [1.82, 2.24) is 9.97 Å². The van der Waals surface area contributed by atoms with Gasteiger partial charge < -0.3 is 5.32 Å². The lowest BCUT2D eigenvalue weighted by molar-refractivity contribution is -0.115. The zero-order valence-corrected chi connectivity index (χ0v) is 10.6. The van der Waals surface area contributed by atoms with Crippen molar-refractivity contribution in [2.24, 2.45) is 0 Å². The number of hydrogen-bond donors (Lipinski definition) is 1. The number of carbonyl (C=O) groups is 1. The summed E-state index contributed by atoms with van der Waals surface area (Å²) in [5.74, 6) is 0.190. The van der Waals surface area contributed by atoms with Crippen molar-refractivity contribution in [3.63, 3.8) is 0 Å². The van der Waals surface area contributed by atoms with Gasteiger partial charge in [-0.1, -0.05) is 17.7 Å². The van der Waals surface area contributed by atoms with E-state index in [4.69, 9.17) is 11.6 Å². The normalized spacial score (nSPS) is 10.1. The lowest BCUT2D eigenvalue weighted by Gasteiger charge is -2.06. The molecule has 0 fully saturated rings. The Morgan fingerprint density at radius 2 is 2.00 bits per heavy atom. The van der Waals surface area contributed by atoms with Crippen molar-refractivity contribution < 1.29 is 4.79 Å². The monoisotopic (exact) mass is 261 g/mol. The molecule has 5 heteroatoms. The molecule has 2 aromatic heterocycles. The zero-order valence-electron chi connectivity index (χ0n) is 9.85. The van der Waals surface area contributed by atoms with E-state index in [1.54, 1.807) is 24.5 Å². The van der Waals surface area contributed by atoms with E-state index in [-0.39, 0.29) is 12.3 Å². The number of rotatable bonds is 3. The Hall–Kier alpha value is -1.94.